The molecule has 0 aromatic carbocycles. The standard InChI is InChI=1S/C17H28N2OS/c1-12-10-19-16(13(2)17(12)20-3)9-14(18)11-21-15-7-5-4-6-8-15/h10,14-15H,4-9,11,18H2,1-3H3. The predicted molar refractivity (Wildman–Crippen MR) is 91.3 cm³/mol. The summed E-state index contributed by atoms with van der Waals surface area (Å²) in [7, 11) is 1.72. The van der Waals surface area contributed by atoms with Gasteiger partial charge in [-0.25, -0.2) is 0 Å². The van der Waals surface area contributed by atoms with Crippen molar-refractivity contribution in [1.29, 1.82) is 0 Å². The number of hydrogen-bond donors (Lipinski definition) is 1. The lowest BCUT2D eigenvalue weighted by molar-refractivity contribution is 0.406. The minimum absolute atomic E-state index is 0.176. The molecule has 1 atom stereocenters. The highest BCUT2D eigenvalue weighted by Crippen LogP contribution is 2.29. The van der Waals surface area contributed by atoms with Crippen molar-refractivity contribution in [3.05, 3.63) is 23.0 Å². The number of nitrogens with two attached hydrogens (primary N) is 1. The normalized spacial score (nSPS) is 17.7. The summed E-state index contributed by atoms with van der Waals surface area (Å²) in [6.07, 6.45) is 9.66. The van der Waals surface area contributed by atoms with E-state index in [4.69, 9.17) is 10.5 Å². The van der Waals surface area contributed by atoms with Gasteiger partial charge in [0.25, 0.3) is 0 Å². The molecule has 0 radical (unpaired) electrons. The lowest BCUT2D eigenvalue weighted by Crippen LogP contribution is -2.28. The lowest BCUT2D eigenvalue weighted by Gasteiger charge is -2.23. The van der Waals surface area contributed by atoms with Gasteiger partial charge in [0.05, 0.1) is 7.11 Å². The van der Waals surface area contributed by atoms with E-state index in [9.17, 15) is 0 Å². The largest absolute Gasteiger partial charge is 0.496 e. The molecule has 0 spiro atoms. The van der Waals surface area contributed by atoms with E-state index < -0.39 is 0 Å². The summed E-state index contributed by atoms with van der Waals surface area (Å²) in [4.78, 5) is 4.55. The summed E-state index contributed by atoms with van der Waals surface area (Å²) in [5.41, 5.74) is 9.62. The average molecular weight is 308 g/mol. The van der Waals surface area contributed by atoms with Gasteiger partial charge < -0.3 is 10.5 Å². The first-order valence-corrected chi connectivity index (χ1v) is 9.03. The maximum atomic E-state index is 6.32. The Morgan fingerprint density at radius 1 is 1.33 bits per heavy atom. The van der Waals surface area contributed by atoms with E-state index in [-0.39, 0.29) is 6.04 Å². The SMILES string of the molecule is COc1c(C)cnc(CC(N)CSC2CCCCC2)c1C. The Morgan fingerprint density at radius 3 is 2.71 bits per heavy atom. The Hall–Kier alpha value is -0.740. The van der Waals surface area contributed by atoms with Gasteiger partial charge in [0, 0.05) is 46.5 Å². The zero-order chi connectivity index (χ0) is 15.2. The second kappa shape index (κ2) is 8.04. The van der Waals surface area contributed by atoms with Crippen molar-refractivity contribution in [2.45, 2.75) is 63.7 Å². The van der Waals surface area contributed by atoms with Crippen LogP contribution in [0.3, 0.4) is 0 Å². The Labute approximate surface area is 133 Å². The van der Waals surface area contributed by atoms with Gasteiger partial charge in [-0.1, -0.05) is 19.3 Å². The molecule has 118 valence electrons. The molecule has 1 aliphatic carbocycles. The highest BCUT2D eigenvalue weighted by Gasteiger charge is 2.17. The number of nitrogens with zero attached hydrogens (tertiary/aromatic N) is 1. The van der Waals surface area contributed by atoms with Gasteiger partial charge in [-0.2, -0.15) is 11.8 Å². The number of aromatic nitrogens is 1. The number of aryl methyl sites for hydroxylation is 1. The summed E-state index contributed by atoms with van der Waals surface area (Å²) < 4.78 is 5.47. The van der Waals surface area contributed by atoms with E-state index in [1.165, 1.54) is 32.1 Å². The van der Waals surface area contributed by atoms with E-state index >= 15 is 0 Å². The van der Waals surface area contributed by atoms with Crippen LogP contribution >= 0.6 is 11.8 Å². The molecular formula is C17H28N2OS. The van der Waals surface area contributed by atoms with Crippen LogP contribution in [0.4, 0.5) is 0 Å². The molecule has 0 amide bonds. The summed E-state index contributed by atoms with van der Waals surface area (Å²) in [6.45, 7) is 4.11. The molecule has 1 aromatic heterocycles. The minimum Gasteiger partial charge on any atom is -0.496 e. The number of pyridine rings is 1. The van der Waals surface area contributed by atoms with E-state index in [2.05, 4.69) is 23.7 Å². The van der Waals surface area contributed by atoms with Gasteiger partial charge in [0.15, 0.2) is 0 Å². The van der Waals surface area contributed by atoms with Gasteiger partial charge in [-0.15, -0.1) is 0 Å². The Balaban J connectivity index is 1.88. The highest BCUT2D eigenvalue weighted by atomic mass is 32.2. The molecule has 0 aliphatic heterocycles. The fourth-order valence-electron chi connectivity index (χ4n) is 3.08. The first-order valence-electron chi connectivity index (χ1n) is 7.98. The first kappa shape index (κ1) is 16.6. The quantitative estimate of drug-likeness (QED) is 0.871. The van der Waals surface area contributed by atoms with Crippen molar-refractivity contribution in [2.24, 2.45) is 5.73 Å². The van der Waals surface area contributed by atoms with Crippen LogP contribution in [-0.4, -0.2) is 29.1 Å². The Morgan fingerprint density at radius 2 is 2.05 bits per heavy atom. The van der Waals surface area contributed by atoms with Gasteiger partial charge in [0.2, 0.25) is 0 Å². The van der Waals surface area contributed by atoms with Crippen LogP contribution in [-0.2, 0) is 6.42 Å². The molecule has 1 aliphatic rings. The van der Waals surface area contributed by atoms with E-state index in [0.717, 1.165) is 40.0 Å². The molecule has 1 heterocycles. The topological polar surface area (TPSA) is 48.1 Å². The maximum absolute atomic E-state index is 6.32. The number of hydrogen-bond acceptors (Lipinski definition) is 4. The average Bonchev–Trinajstić information content (AvgIpc) is 2.50. The molecule has 1 fully saturated rings. The summed E-state index contributed by atoms with van der Waals surface area (Å²) in [5.74, 6) is 1.98. The number of methoxy groups -OCH3 is 1. The van der Waals surface area contributed by atoms with Crippen LogP contribution in [0, 0.1) is 13.8 Å². The van der Waals surface area contributed by atoms with Gasteiger partial charge >= 0.3 is 0 Å². The second-order valence-electron chi connectivity index (χ2n) is 6.10. The molecular weight excluding hydrogens is 280 g/mol. The first-order chi connectivity index (χ1) is 10.1. The van der Waals surface area contributed by atoms with Crippen molar-refractivity contribution in [3.8, 4) is 5.75 Å². The second-order valence-corrected chi connectivity index (χ2v) is 7.44. The van der Waals surface area contributed by atoms with Crippen molar-refractivity contribution in [2.75, 3.05) is 12.9 Å². The smallest absolute Gasteiger partial charge is 0.128 e. The van der Waals surface area contributed by atoms with Crippen LogP contribution < -0.4 is 10.5 Å². The number of thioether (sulfide) groups is 1. The molecule has 4 heteroatoms. The zero-order valence-corrected chi connectivity index (χ0v) is 14.3. The molecule has 1 unspecified atom stereocenters. The lowest BCUT2D eigenvalue weighted by atomic mass is 10.0. The number of rotatable bonds is 6. The van der Waals surface area contributed by atoms with Crippen molar-refractivity contribution in [3.63, 3.8) is 0 Å². The minimum atomic E-state index is 0.176. The monoisotopic (exact) mass is 308 g/mol. The molecule has 2 N–H and O–H groups in total. The van der Waals surface area contributed by atoms with Gasteiger partial charge in [-0.3, -0.25) is 4.98 Å². The van der Waals surface area contributed by atoms with E-state index in [1.807, 2.05) is 13.1 Å². The zero-order valence-electron chi connectivity index (χ0n) is 13.5. The fraction of sp³-hybridized carbons (Fsp3) is 0.706. The third kappa shape index (κ3) is 4.62. The van der Waals surface area contributed by atoms with Gasteiger partial charge in [-0.05, 0) is 26.7 Å². The Kier molecular flexibility index (Phi) is 6.37. The Bertz CT molecular complexity index is 458. The van der Waals surface area contributed by atoms with Crippen molar-refractivity contribution in [1.82, 2.24) is 4.98 Å². The molecule has 1 saturated carbocycles. The third-order valence-electron chi connectivity index (χ3n) is 4.30. The van der Waals surface area contributed by atoms with Crippen LogP contribution in [0.25, 0.3) is 0 Å². The van der Waals surface area contributed by atoms with Crippen molar-refractivity contribution < 1.29 is 4.74 Å². The third-order valence-corrected chi connectivity index (χ3v) is 5.87. The fourth-order valence-corrected chi connectivity index (χ4v) is 4.38. The molecule has 21 heavy (non-hydrogen) atoms. The van der Waals surface area contributed by atoms with Crippen LogP contribution in [0.5, 0.6) is 5.75 Å². The van der Waals surface area contributed by atoms with E-state index in [1.54, 1.807) is 7.11 Å². The summed E-state index contributed by atoms with van der Waals surface area (Å²) >= 11 is 2.06. The molecule has 0 saturated heterocycles. The highest BCUT2D eigenvalue weighted by molar-refractivity contribution is 7.99. The predicted octanol–water partition coefficient (Wildman–Crippen LogP) is 3.64. The number of ether oxygens (including phenoxy) is 1. The molecule has 3 nitrogen and oxygen atoms in total. The molecule has 2 rings (SSSR count). The van der Waals surface area contributed by atoms with Crippen molar-refractivity contribution >= 4 is 11.8 Å². The van der Waals surface area contributed by atoms with Crippen LogP contribution in [0.15, 0.2) is 6.20 Å². The molecule has 0 bridgehead atoms. The summed E-state index contributed by atoms with van der Waals surface area (Å²) in [6, 6.07) is 0.176. The van der Waals surface area contributed by atoms with Crippen LogP contribution in [0.2, 0.25) is 0 Å². The summed E-state index contributed by atoms with van der Waals surface area (Å²) in [5, 5.41) is 0.825. The molecule has 1 aromatic rings. The maximum Gasteiger partial charge on any atom is 0.128 e. The van der Waals surface area contributed by atoms with E-state index in [0.29, 0.717) is 0 Å². The van der Waals surface area contributed by atoms with Gasteiger partial charge in [0.1, 0.15) is 5.75 Å². The van der Waals surface area contributed by atoms with Crippen LogP contribution in [0.1, 0.15) is 48.9 Å².